The molecule has 1 saturated carbocycles. The lowest BCUT2D eigenvalue weighted by Crippen LogP contribution is -2.42. The highest BCUT2D eigenvalue weighted by molar-refractivity contribution is 7.87. The third-order valence-corrected chi connectivity index (χ3v) is 6.66. The molecule has 1 aromatic rings. The van der Waals surface area contributed by atoms with Crippen molar-refractivity contribution in [3.05, 3.63) is 21.9 Å². The molecule has 2 heterocycles. The number of rotatable bonds is 4. The number of nitrogens with one attached hydrogen (secondary N) is 1. The van der Waals surface area contributed by atoms with E-state index in [9.17, 15) is 13.2 Å². The van der Waals surface area contributed by atoms with E-state index in [2.05, 4.69) is 4.72 Å². The van der Waals surface area contributed by atoms with Gasteiger partial charge in [-0.3, -0.25) is 4.79 Å². The van der Waals surface area contributed by atoms with Crippen LogP contribution in [0.2, 0.25) is 0 Å². The molecular formula is C13H18N2O3S2. The Morgan fingerprint density at radius 3 is 2.70 bits per heavy atom. The van der Waals surface area contributed by atoms with Gasteiger partial charge >= 0.3 is 10.2 Å². The molecule has 1 amide bonds. The highest BCUT2D eigenvalue weighted by Crippen LogP contribution is 2.50. The smallest absolute Gasteiger partial charge is 0.274 e. The molecule has 110 valence electrons. The zero-order valence-corrected chi connectivity index (χ0v) is 13.0. The Bertz CT molecular complexity index is 617. The third-order valence-electron chi connectivity index (χ3n) is 4.00. The number of hydrogen-bond acceptors (Lipinski definition) is 4. The molecule has 2 aliphatic rings. The Kier molecular flexibility index (Phi) is 3.60. The largest absolute Gasteiger partial charge is 0.303 e. The Labute approximate surface area is 123 Å². The predicted octanol–water partition coefficient (Wildman–Crippen LogP) is 1.62. The molecule has 0 unspecified atom stereocenters. The average molecular weight is 314 g/mol. The molecule has 7 heteroatoms. The van der Waals surface area contributed by atoms with Gasteiger partial charge in [-0.2, -0.15) is 12.7 Å². The van der Waals surface area contributed by atoms with Gasteiger partial charge in [0.05, 0.1) is 0 Å². The Morgan fingerprint density at radius 2 is 2.10 bits per heavy atom. The molecule has 0 bridgehead atoms. The summed E-state index contributed by atoms with van der Waals surface area (Å²) in [6.45, 7) is 3.06. The van der Waals surface area contributed by atoms with E-state index in [1.807, 2.05) is 18.4 Å². The topological polar surface area (TPSA) is 66.5 Å². The van der Waals surface area contributed by atoms with Crippen molar-refractivity contribution in [2.24, 2.45) is 5.92 Å². The van der Waals surface area contributed by atoms with Gasteiger partial charge < -0.3 is 0 Å². The first kappa shape index (κ1) is 14.0. The van der Waals surface area contributed by atoms with Gasteiger partial charge in [-0.1, -0.05) is 0 Å². The first-order valence-corrected chi connectivity index (χ1v) is 9.17. The van der Waals surface area contributed by atoms with Crippen LogP contribution in [0.25, 0.3) is 0 Å². The zero-order chi connectivity index (χ0) is 14.3. The summed E-state index contributed by atoms with van der Waals surface area (Å²) in [6.07, 6.45) is 2.49. The normalized spacial score (nSPS) is 26.6. The first-order valence-electron chi connectivity index (χ1n) is 6.85. The van der Waals surface area contributed by atoms with Crippen LogP contribution in [0.4, 0.5) is 0 Å². The van der Waals surface area contributed by atoms with Crippen molar-refractivity contribution in [2.45, 2.75) is 32.1 Å². The van der Waals surface area contributed by atoms with Crippen LogP contribution in [-0.4, -0.2) is 31.7 Å². The lowest BCUT2D eigenvalue weighted by atomic mass is 10.2. The fraction of sp³-hybridized carbons (Fsp3) is 0.615. The lowest BCUT2D eigenvalue weighted by Gasteiger charge is -2.15. The number of thiophene rings is 1. The summed E-state index contributed by atoms with van der Waals surface area (Å²) in [5, 5.41) is 2.01. The lowest BCUT2D eigenvalue weighted by molar-refractivity contribution is -0.120. The van der Waals surface area contributed by atoms with Gasteiger partial charge in [-0.25, -0.2) is 4.72 Å². The fourth-order valence-corrected chi connectivity index (χ4v) is 5.12. The molecule has 1 aliphatic heterocycles. The Morgan fingerprint density at radius 1 is 1.40 bits per heavy atom. The van der Waals surface area contributed by atoms with E-state index < -0.39 is 10.2 Å². The summed E-state index contributed by atoms with van der Waals surface area (Å²) in [7, 11) is -3.63. The van der Waals surface area contributed by atoms with Crippen molar-refractivity contribution in [3.63, 3.8) is 0 Å². The molecule has 0 radical (unpaired) electrons. The van der Waals surface area contributed by atoms with Gasteiger partial charge in [0.25, 0.3) is 0 Å². The molecule has 2 fully saturated rings. The van der Waals surface area contributed by atoms with Crippen LogP contribution in [0, 0.1) is 12.8 Å². The molecule has 5 nitrogen and oxygen atoms in total. The van der Waals surface area contributed by atoms with E-state index in [-0.39, 0.29) is 17.7 Å². The Balaban J connectivity index is 1.63. The minimum absolute atomic E-state index is 0.190. The van der Waals surface area contributed by atoms with E-state index in [1.165, 1.54) is 14.7 Å². The van der Waals surface area contributed by atoms with Gasteiger partial charge in [0.1, 0.15) is 0 Å². The van der Waals surface area contributed by atoms with Gasteiger partial charge in [0.2, 0.25) is 5.91 Å². The molecule has 1 N–H and O–H groups in total. The van der Waals surface area contributed by atoms with Crippen LogP contribution in [0.3, 0.4) is 0 Å². The summed E-state index contributed by atoms with van der Waals surface area (Å²) in [6, 6.07) is 2.04. The highest BCUT2D eigenvalue weighted by Gasteiger charge is 2.46. The van der Waals surface area contributed by atoms with E-state index in [0.29, 0.717) is 13.1 Å². The highest BCUT2D eigenvalue weighted by atomic mass is 32.2. The second-order valence-corrected chi connectivity index (χ2v) is 8.11. The molecule has 1 aliphatic carbocycles. The minimum atomic E-state index is -3.63. The maximum atomic E-state index is 12.1. The van der Waals surface area contributed by atoms with Crippen molar-refractivity contribution in [1.82, 2.24) is 9.03 Å². The van der Waals surface area contributed by atoms with Crippen LogP contribution in [0.1, 0.15) is 35.6 Å². The SMILES string of the molecule is Cc1ccsc1[C@@H]1C[C@@H]1C(=O)NS(=O)(=O)N1CCCC1. The van der Waals surface area contributed by atoms with E-state index in [4.69, 9.17) is 0 Å². The van der Waals surface area contributed by atoms with Crippen LogP contribution in [-0.2, 0) is 15.0 Å². The van der Waals surface area contributed by atoms with E-state index in [0.717, 1.165) is 19.3 Å². The summed E-state index contributed by atoms with van der Waals surface area (Å²) in [4.78, 5) is 13.3. The summed E-state index contributed by atoms with van der Waals surface area (Å²) >= 11 is 1.64. The van der Waals surface area contributed by atoms with Crippen LogP contribution in [0.5, 0.6) is 0 Å². The molecule has 2 atom stereocenters. The maximum absolute atomic E-state index is 12.1. The summed E-state index contributed by atoms with van der Waals surface area (Å²) in [5.74, 6) is -0.344. The van der Waals surface area contributed by atoms with Gasteiger partial charge in [0.15, 0.2) is 0 Å². The molecular weight excluding hydrogens is 296 g/mol. The van der Waals surface area contributed by atoms with Gasteiger partial charge in [-0.05, 0) is 43.2 Å². The summed E-state index contributed by atoms with van der Waals surface area (Å²) in [5.41, 5.74) is 1.19. The predicted molar refractivity (Wildman–Crippen MR) is 77.8 cm³/mol. The van der Waals surface area contributed by atoms with Crippen molar-refractivity contribution in [2.75, 3.05) is 13.1 Å². The molecule has 1 aromatic heterocycles. The molecule has 20 heavy (non-hydrogen) atoms. The fourth-order valence-electron chi connectivity index (χ4n) is 2.73. The molecule has 0 aromatic carbocycles. The maximum Gasteiger partial charge on any atom is 0.303 e. The van der Waals surface area contributed by atoms with Gasteiger partial charge in [-0.15, -0.1) is 11.3 Å². The summed E-state index contributed by atoms with van der Waals surface area (Å²) < 4.78 is 27.7. The number of aryl methyl sites for hydroxylation is 1. The standard InChI is InChI=1S/C13H18N2O3S2/c1-9-4-7-19-12(9)10-8-11(10)13(16)14-20(17,18)15-5-2-3-6-15/h4,7,10-11H,2-3,5-6,8H2,1H3,(H,14,16)/t10-,11+/m1/s1. The van der Waals surface area contributed by atoms with Crippen molar-refractivity contribution in [1.29, 1.82) is 0 Å². The average Bonchev–Trinajstić information content (AvgIpc) is 2.81. The number of carbonyl (C=O) groups excluding carboxylic acids is 1. The minimum Gasteiger partial charge on any atom is -0.274 e. The zero-order valence-electron chi connectivity index (χ0n) is 11.3. The number of amides is 1. The first-order chi connectivity index (χ1) is 9.49. The van der Waals surface area contributed by atoms with Crippen molar-refractivity contribution < 1.29 is 13.2 Å². The third kappa shape index (κ3) is 2.62. The van der Waals surface area contributed by atoms with Crippen LogP contribution < -0.4 is 4.72 Å². The van der Waals surface area contributed by atoms with Crippen LogP contribution in [0.15, 0.2) is 11.4 Å². The number of carbonyl (C=O) groups is 1. The monoisotopic (exact) mass is 314 g/mol. The van der Waals surface area contributed by atoms with Crippen LogP contribution >= 0.6 is 11.3 Å². The molecule has 3 rings (SSSR count). The molecule has 0 spiro atoms. The Hall–Kier alpha value is -0.920. The quantitative estimate of drug-likeness (QED) is 0.918. The van der Waals surface area contributed by atoms with Crippen molar-refractivity contribution >= 4 is 27.5 Å². The van der Waals surface area contributed by atoms with E-state index >= 15 is 0 Å². The van der Waals surface area contributed by atoms with E-state index in [1.54, 1.807) is 11.3 Å². The second-order valence-electron chi connectivity index (χ2n) is 5.49. The molecule has 1 saturated heterocycles. The number of nitrogens with zero attached hydrogens (tertiary/aromatic N) is 1. The second kappa shape index (κ2) is 5.13. The van der Waals surface area contributed by atoms with Gasteiger partial charge in [0, 0.05) is 29.8 Å². The van der Waals surface area contributed by atoms with Crippen molar-refractivity contribution in [3.8, 4) is 0 Å². The number of hydrogen-bond donors (Lipinski definition) is 1.